The van der Waals surface area contributed by atoms with Gasteiger partial charge in [0.1, 0.15) is 0 Å². The summed E-state index contributed by atoms with van der Waals surface area (Å²) in [5.41, 5.74) is 1.11. The Labute approximate surface area is 155 Å². The van der Waals surface area contributed by atoms with E-state index >= 15 is 0 Å². The van der Waals surface area contributed by atoms with Crippen LogP contribution in [0.4, 0.5) is 5.69 Å². The lowest BCUT2D eigenvalue weighted by Gasteiger charge is -2.37. The van der Waals surface area contributed by atoms with Gasteiger partial charge < -0.3 is 4.90 Å². The van der Waals surface area contributed by atoms with Crippen LogP contribution in [0.2, 0.25) is 0 Å². The topological polar surface area (TPSA) is 49.4 Å². The summed E-state index contributed by atoms with van der Waals surface area (Å²) in [6.07, 6.45) is 11.4. The molecule has 0 bridgehead atoms. The maximum Gasteiger partial charge on any atom is 0.243 e. The molecule has 3 aliphatic rings. The number of rotatable bonds is 4. The van der Waals surface area contributed by atoms with Crippen LogP contribution >= 0.6 is 11.8 Å². The number of benzene rings is 1. The number of nitrogens with one attached hydrogen (secondary N) is 1. The van der Waals surface area contributed by atoms with Crippen LogP contribution in [-0.2, 0) is 10.0 Å². The van der Waals surface area contributed by atoms with Crippen LogP contribution in [0.15, 0.2) is 29.2 Å². The predicted molar refractivity (Wildman–Crippen MR) is 104 cm³/mol. The van der Waals surface area contributed by atoms with Gasteiger partial charge in [-0.25, -0.2) is 13.1 Å². The Morgan fingerprint density at radius 2 is 1.56 bits per heavy atom. The van der Waals surface area contributed by atoms with E-state index < -0.39 is 14.7 Å². The van der Waals surface area contributed by atoms with Gasteiger partial charge in [0.15, 0.2) is 4.71 Å². The molecule has 0 aromatic heterocycles. The minimum absolute atomic E-state index is 0.122. The molecule has 2 fully saturated rings. The van der Waals surface area contributed by atoms with E-state index in [4.69, 9.17) is 0 Å². The quantitative estimate of drug-likeness (QED) is 0.837. The Morgan fingerprint density at radius 1 is 0.920 bits per heavy atom. The molecule has 6 heteroatoms. The van der Waals surface area contributed by atoms with E-state index in [1.165, 1.54) is 37.4 Å². The molecular weight excluding hydrogens is 352 g/mol. The van der Waals surface area contributed by atoms with Crippen LogP contribution in [0.25, 0.3) is 0 Å². The number of nitrogens with zero attached hydrogens (tertiary/aromatic N) is 1. The maximum absolute atomic E-state index is 13.2. The van der Waals surface area contributed by atoms with E-state index in [1.54, 1.807) is 0 Å². The molecule has 1 atom stereocenters. The fourth-order valence-electron chi connectivity index (χ4n) is 4.50. The number of hydrogen-bond acceptors (Lipinski definition) is 4. The molecule has 0 spiro atoms. The van der Waals surface area contributed by atoms with Crippen LogP contribution in [0.1, 0.15) is 64.2 Å². The van der Waals surface area contributed by atoms with Crippen molar-refractivity contribution in [2.24, 2.45) is 0 Å². The average Bonchev–Trinajstić information content (AvgIpc) is 3.03. The smallest absolute Gasteiger partial charge is 0.243 e. The monoisotopic (exact) mass is 380 g/mol. The summed E-state index contributed by atoms with van der Waals surface area (Å²) in [5.74, 6) is 0. The number of hydrogen-bond donors (Lipinski definition) is 1. The van der Waals surface area contributed by atoms with Crippen LogP contribution < -0.4 is 9.62 Å². The summed E-state index contributed by atoms with van der Waals surface area (Å²) in [4.78, 5) is 3.32. The van der Waals surface area contributed by atoms with Gasteiger partial charge >= 0.3 is 0 Å². The summed E-state index contributed by atoms with van der Waals surface area (Å²) >= 11 is 1.51. The van der Waals surface area contributed by atoms with Crippen LogP contribution in [0.3, 0.4) is 0 Å². The second-order valence-corrected chi connectivity index (χ2v) is 10.8. The lowest BCUT2D eigenvalue weighted by Crippen LogP contribution is -2.50. The fraction of sp³-hybridized carbons (Fsp3) is 0.684. The zero-order valence-corrected chi connectivity index (χ0v) is 16.3. The number of sulfonamides is 1. The van der Waals surface area contributed by atoms with Gasteiger partial charge in [-0.05, 0) is 37.8 Å². The highest BCUT2D eigenvalue weighted by atomic mass is 32.3. The second-order valence-electron chi connectivity index (χ2n) is 7.59. The molecule has 0 amide bonds. The molecule has 1 aromatic carbocycles. The van der Waals surface area contributed by atoms with E-state index in [1.807, 2.05) is 12.1 Å². The summed E-state index contributed by atoms with van der Waals surface area (Å²) in [5, 5.41) is 0. The standard InChI is InChI=1S/C19H28N2O2S2/c22-25(23,20-15-9-3-1-4-10-15)19-21(16-11-5-2-6-12-16)17-13-7-8-14-18(17)24-19/h7-8,13-16,19-20H,1-6,9-12H2. The van der Waals surface area contributed by atoms with Gasteiger partial charge in [-0.3, -0.25) is 0 Å². The van der Waals surface area contributed by atoms with Crippen molar-refractivity contribution in [2.45, 2.75) is 85.9 Å². The first-order valence-electron chi connectivity index (χ1n) is 9.70. The number of fused-ring (bicyclic) bond motifs is 1. The van der Waals surface area contributed by atoms with E-state index in [0.29, 0.717) is 6.04 Å². The first-order chi connectivity index (χ1) is 12.1. The van der Waals surface area contributed by atoms with Gasteiger partial charge in [0.05, 0.1) is 5.69 Å². The highest BCUT2D eigenvalue weighted by Gasteiger charge is 2.43. The Hall–Kier alpha value is -0.720. The third-order valence-electron chi connectivity index (χ3n) is 5.77. The molecule has 138 valence electrons. The Balaban J connectivity index is 1.60. The number of anilines is 1. The zero-order valence-electron chi connectivity index (χ0n) is 14.7. The van der Waals surface area contributed by atoms with Crippen molar-refractivity contribution in [3.8, 4) is 0 Å². The van der Waals surface area contributed by atoms with Gasteiger partial charge in [-0.1, -0.05) is 62.4 Å². The van der Waals surface area contributed by atoms with Gasteiger partial charge in [-0.15, -0.1) is 0 Å². The van der Waals surface area contributed by atoms with E-state index in [0.717, 1.165) is 49.1 Å². The molecule has 1 unspecified atom stereocenters. The molecule has 1 aliphatic heterocycles. The molecule has 0 saturated heterocycles. The SMILES string of the molecule is O=S(=O)(NC1CCCCC1)C1Sc2ccccc2N1C1CCCCC1. The van der Waals surface area contributed by atoms with Crippen molar-refractivity contribution in [2.75, 3.05) is 4.90 Å². The summed E-state index contributed by atoms with van der Waals surface area (Å²) in [7, 11) is -3.39. The summed E-state index contributed by atoms with van der Waals surface area (Å²) in [6.45, 7) is 0. The van der Waals surface area contributed by atoms with Crippen LogP contribution in [0, 0.1) is 0 Å². The highest BCUT2D eigenvalue weighted by Crippen LogP contribution is 2.48. The minimum atomic E-state index is -3.39. The molecule has 0 radical (unpaired) electrons. The van der Waals surface area contributed by atoms with Crippen molar-refractivity contribution >= 4 is 27.5 Å². The third kappa shape index (κ3) is 3.71. The van der Waals surface area contributed by atoms with Crippen molar-refractivity contribution < 1.29 is 8.42 Å². The zero-order chi connectivity index (χ0) is 17.3. The lowest BCUT2D eigenvalue weighted by molar-refractivity contribution is 0.404. The molecular formula is C19H28N2O2S2. The van der Waals surface area contributed by atoms with E-state index in [-0.39, 0.29) is 6.04 Å². The molecule has 25 heavy (non-hydrogen) atoms. The third-order valence-corrected chi connectivity index (χ3v) is 9.26. The Bertz CT molecular complexity index is 695. The highest BCUT2D eigenvalue weighted by molar-refractivity contribution is 8.13. The van der Waals surface area contributed by atoms with Crippen LogP contribution in [-0.4, -0.2) is 25.2 Å². The summed E-state index contributed by atoms with van der Waals surface area (Å²) in [6, 6.07) is 8.65. The van der Waals surface area contributed by atoms with Gasteiger partial charge in [0.2, 0.25) is 10.0 Å². The van der Waals surface area contributed by atoms with Gasteiger partial charge in [0, 0.05) is 17.0 Å². The summed E-state index contributed by atoms with van der Waals surface area (Å²) < 4.78 is 29.0. The average molecular weight is 381 g/mol. The normalized spacial score (nSPS) is 25.9. The number of thioether (sulfide) groups is 1. The first kappa shape index (κ1) is 17.7. The van der Waals surface area contributed by atoms with Crippen molar-refractivity contribution in [3.05, 3.63) is 24.3 Å². The van der Waals surface area contributed by atoms with Gasteiger partial charge in [-0.2, -0.15) is 0 Å². The molecule has 4 nitrogen and oxygen atoms in total. The largest absolute Gasteiger partial charge is 0.341 e. The second kappa shape index (κ2) is 7.49. The van der Waals surface area contributed by atoms with E-state index in [9.17, 15) is 8.42 Å². The Morgan fingerprint density at radius 3 is 2.28 bits per heavy atom. The molecule has 2 aliphatic carbocycles. The Kier molecular flexibility index (Phi) is 5.30. The molecule has 1 N–H and O–H groups in total. The lowest BCUT2D eigenvalue weighted by atomic mass is 9.94. The molecule has 4 rings (SSSR count). The van der Waals surface area contributed by atoms with Crippen molar-refractivity contribution in [1.82, 2.24) is 4.72 Å². The van der Waals surface area contributed by atoms with E-state index in [2.05, 4.69) is 21.8 Å². The minimum Gasteiger partial charge on any atom is -0.341 e. The van der Waals surface area contributed by atoms with Crippen molar-refractivity contribution in [1.29, 1.82) is 0 Å². The fourth-order valence-corrected chi connectivity index (χ4v) is 7.95. The van der Waals surface area contributed by atoms with Crippen molar-refractivity contribution in [3.63, 3.8) is 0 Å². The number of para-hydroxylation sites is 1. The molecule has 2 saturated carbocycles. The molecule has 1 aromatic rings. The van der Waals surface area contributed by atoms with Gasteiger partial charge in [0.25, 0.3) is 0 Å². The van der Waals surface area contributed by atoms with Crippen LogP contribution in [0.5, 0.6) is 0 Å². The first-order valence-corrected chi connectivity index (χ1v) is 12.1. The molecule has 1 heterocycles. The predicted octanol–water partition coefficient (Wildman–Crippen LogP) is 4.47. The maximum atomic E-state index is 13.2.